The third kappa shape index (κ3) is 0.891. The zero-order chi connectivity index (χ0) is 8.77. The van der Waals surface area contributed by atoms with Crippen LogP contribution >= 0.6 is 0 Å². The van der Waals surface area contributed by atoms with Crippen molar-refractivity contribution in [3.63, 3.8) is 0 Å². The molecule has 3 nitrogen and oxygen atoms in total. The molecule has 0 radical (unpaired) electrons. The van der Waals surface area contributed by atoms with Crippen molar-refractivity contribution in [2.24, 2.45) is 5.41 Å². The molecule has 1 N–H and O–H groups in total. The van der Waals surface area contributed by atoms with E-state index in [1.165, 1.54) is 0 Å². The molecule has 1 saturated carbocycles. The van der Waals surface area contributed by atoms with Crippen LogP contribution in [0.15, 0.2) is 12.5 Å². The van der Waals surface area contributed by atoms with E-state index in [9.17, 15) is 4.79 Å². The van der Waals surface area contributed by atoms with Gasteiger partial charge in [-0.25, -0.2) is 4.98 Å². The van der Waals surface area contributed by atoms with Crippen LogP contribution in [-0.2, 0) is 4.79 Å². The number of ketones is 1. The van der Waals surface area contributed by atoms with E-state index < -0.39 is 0 Å². The van der Waals surface area contributed by atoms with Crippen molar-refractivity contribution in [2.75, 3.05) is 0 Å². The Bertz CT molecular complexity index is 304. The topological polar surface area (TPSA) is 45.8 Å². The number of H-pyrrole nitrogens is 1. The number of carbonyl (C=O) groups excluding carboxylic acids is 1. The van der Waals surface area contributed by atoms with Crippen molar-refractivity contribution in [2.45, 2.75) is 26.2 Å². The second kappa shape index (κ2) is 2.19. The fraction of sp³-hybridized carbons (Fsp3) is 0.556. The summed E-state index contributed by atoms with van der Waals surface area (Å²) in [6.45, 7) is 3.68. The fourth-order valence-corrected chi connectivity index (χ4v) is 1.66. The molecule has 1 aromatic rings. The number of carbonyl (C=O) groups is 1. The van der Waals surface area contributed by atoms with E-state index in [-0.39, 0.29) is 11.2 Å². The maximum atomic E-state index is 11.2. The fourth-order valence-electron chi connectivity index (χ4n) is 1.66. The number of imidazole rings is 1. The molecule has 64 valence electrons. The van der Waals surface area contributed by atoms with Gasteiger partial charge < -0.3 is 4.98 Å². The minimum absolute atomic E-state index is 0.119. The Balaban J connectivity index is 2.19. The summed E-state index contributed by atoms with van der Waals surface area (Å²) in [4.78, 5) is 18.2. The molecule has 3 heteroatoms. The molecule has 0 bridgehead atoms. The third-order valence-corrected chi connectivity index (χ3v) is 2.94. The Kier molecular flexibility index (Phi) is 1.37. The van der Waals surface area contributed by atoms with Gasteiger partial charge in [-0.2, -0.15) is 0 Å². The lowest BCUT2D eigenvalue weighted by Gasteiger charge is -2.03. The minimum atomic E-state index is -0.119. The Labute approximate surface area is 71.2 Å². The van der Waals surface area contributed by atoms with Crippen LogP contribution in [0.2, 0.25) is 0 Å². The van der Waals surface area contributed by atoms with Crippen LogP contribution in [-0.4, -0.2) is 15.8 Å². The SMILES string of the molecule is CC(=O)C1(C)CC1c1cnc[nH]1. The molecule has 2 rings (SSSR count). The summed E-state index contributed by atoms with van der Waals surface area (Å²) in [6.07, 6.45) is 4.43. The molecule has 1 aromatic heterocycles. The van der Waals surface area contributed by atoms with E-state index in [1.807, 2.05) is 6.92 Å². The number of hydrogen-bond donors (Lipinski definition) is 1. The third-order valence-electron chi connectivity index (χ3n) is 2.94. The smallest absolute Gasteiger partial charge is 0.136 e. The van der Waals surface area contributed by atoms with E-state index in [4.69, 9.17) is 0 Å². The minimum Gasteiger partial charge on any atom is -0.348 e. The number of Topliss-reactive ketones (excluding diaryl/α,β-unsaturated/α-hetero) is 1. The number of hydrogen-bond acceptors (Lipinski definition) is 2. The lowest BCUT2D eigenvalue weighted by Crippen LogP contribution is -2.09. The zero-order valence-corrected chi connectivity index (χ0v) is 7.29. The summed E-state index contributed by atoms with van der Waals surface area (Å²) in [6, 6.07) is 0. The summed E-state index contributed by atoms with van der Waals surface area (Å²) in [5.74, 6) is 0.652. The van der Waals surface area contributed by atoms with E-state index in [0.29, 0.717) is 5.92 Å². The van der Waals surface area contributed by atoms with Gasteiger partial charge in [0.25, 0.3) is 0 Å². The zero-order valence-electron chi connectivity index (χ0n) is 7.29. The van der Waals surface area contributed by atoms with Gasteiger partial charge in [-0.1, -0.05) is 6.92 Å². The summed E-state index contributed by atoms with van der Waals surface area (Å²) >= 11 is 0. The van der Waals surface area contributed by atoms with Gasteiger partial charge in [-0.3, -0.25) is 4.79 Å². The van der Waals surface area contributed by atoms with Crippen LogP contribution in [0, 0.1) is 5.41 Å². The molecule has 1 aliphatic rings. The first-order valence-electron chi connectivity index (χ1n) is 4.14. The highest BCUT2D eigenvalue weighted by Gasteiger charge is 2.55. The van der Waals surface area contributed by atoms with Crippen LogP contribution < -0.4 is 0 Å². The molecular formula is C9H12N2O. The standard InChI is InChI=1S/C9H12N2O/c1-6(12)9(2)3-7(9)8-4-10-5-11-8/h4-5,7H,3H2,1-2H3,(H,10,11). The number of aromatic amines is 1. The van der Waals surface area contributed by atoms with Crippen LogP contribution in [0.5, 0.6) is 0 Å². The Morgan fingerprint density at radius 2 is 2.58 bits per heavy atom. The quantitative estimate of drug-likeness (QED) is 0.719. The van der Waals surface area contributed by atoms with Gasteiger partial charge in [-0.05, 0) is 13.3 Å². The van der Waals surface area contributed by atoms with E-state index >= 15 is 0 Å². The molecule has 1 heterocycles. The van der Waals surface area contributed by atoms with Crippen molar-refractivity contribution in [1.82, 2.24) is 9.97 Å². The molecule has 0 spiro atoms. The predicted octanol–water partition coefficient (Wildman–Crippen LogP) is 1.49. The van der Waals surface area contributed by atoms with Crippen molar-refractivity contribution in [1.29, 1.82) is 0 Å². The largest absolute Gasteiger partial charge is 0.348 e. The molecule has 2 unspecified atom stereocenters. The lowest BCUT2D eigenvalue weighted by molar-refractivity contribution is -0.121. The molecule has 0 saturated heterocycles. The summed E-state index contributed by atoms with van der Waals surface area (Å²) < 4.78 is 0. The van der Waals surface area contributed by atoms with Crippen LogP contribution in [0.25, 0.3) is 0 Å². The molecule has 0 amide bonds. The second-order valence-electron chi connectivity index (χ2n) is 3.74. The van der Waals surface area contributed by atoms with Gasteiger partial charge in [0.1, 0.15) is 5.78 Å². The maximum absolute atomic E-state index is 11.2. The summed E-state index contributed by atoms with van der Waals surface area (Å²) in [7, 11) is 0. The second-order valence-corrected chi connectivity index (χ2v) is 3.74. The first kappa shape index (κ1) is 7.53. The van der Waals surface area contributed by atoms with Crippen LogP contribution in [0.1, 0.15) is 31.9 Å². The summed E-state index contributed by atoms with van der Waals surface area (Å²) in [5, 5.41) is 0. The highest BCUT2D eigenvalue weighted by Crippen LogP contribution is 2.58. The summed E-state index contributed by atoms with van der Waals surface area (Å²) in [5.41, 5.74) is 0.972. The van der Waals surface area contributed by atoms with Gasteiger partial charge in [0.2, 0.25) is 0 Å². The van der Waals surface area contributed by atoms with E-state index in [0.717, 1.165) is 12.1 Å². The average Bonchev–Trinajstić information content (AvgIpc) is 2.49. The molecule has 0 aliphatic heterocycles. The van der Waals surface area contributed by atoms with Crippen molar-refractivity contribution in [3.8, 4) is 0 Å². The molecular weight excluding hydrogens is 152 g/mol. The lowest BCUT2D eigenvalue weighted by atomic mass is 10.0. The molecule has 2 atom stereocenters. The van der Waals surface area contributed by atoms with Crippen molar-refractivity contribution in [3.05, 3.63) is 18.2 Å². The molecule has 12 heavy (non-hydrogen) atoms. The maximum Gasteiger partial charge on any atom is 0.136 e. The number of nitrogens with one attached hydrogen (secondary N) is 1. The van der Waals surface area contributed by atoms with Crippen LogP contribution in [0.4, 0.5) is 0 Å². The number of aromatic nitrogens is 2. The van der Waals surface area contributed by atoms with Gasteiger partial charge in [0, 0.05) is 23.2 Å². The Morgan fingerprint density at radius 1 is 1.83 bits per heavy atom. The van der Waals surface area contributed by atoms with Gasteiger partial charge in [0.15, 0.2) is 0 Å². The van der Waals surface area contributed by atoms with Crippen molar-refractivity contribution >= 4 is 5.78 Å². The Morgan fingerprint density at radius 3 is 3.00 bits per heavy atom. The average molecular weight is 164 g/mol. The van der Waals surface area contributed by atoms with Gasteiger partial charge >= 0.3 is 0 Å². The first-order valence-corrected chi connectivity index (χ1v) is 4.14. The predicted molar refractivity (Wildman–Crippen MR) is 44.7 cm³/mol. The number of rotatable bonds is 2. The van der Waals surface area contributed by atoms with Gasteiger partial charge in [0.05, 0.1) is 6.33 Å². The highest BCUT2D eigenvalue weighted by atomic mass is 16.1. The molecule has 1 fully saturated rings. The molecule has 1 aliphatic carbocycles. The van der Waals surface area contributed by atoms with Crippen molar-refractivity contribution < 1.29 is 4.79 Å². The first-order chi connectivity index (χ1) is 5.64. The van der Waals surface area contributed by atoms with Gasteiger partial charge in [-0.15, -0.1) is 0 Å². The van der Waals surface area contributed by atoms with E-state index in [1.54, 1.807) is 19.4 Å². The molecule has 0 aromatic carbocycles. The number of nitrogens with zero attached hydrogens (tertiary/aromatic N) is 1. The van der Waals surface area contributed by atoms with Crippen LogP contribution in [0.3, 0.4) is 0 Å². The highest BCUT2D eigenvalue weighted by molar-refractivity contribution is 5.86. The normalized spacial score (nSPS) is 33.3. The van der Waals surface area contributed by atoms with E-state index in [2.05, 4.69) is 9.97 Å². The Hall–Kier alpha value is -1.12. The monoisotopic (exact) mass is 164 g/mol.